The van der Waals surface area contributed by atoms with Crippen molar-refractivity contribution in [3.8, 4) is 5.75 Å². The summed E-state index contributed by atoms with van der Waals surface area (Å²) in [5.41, 5.74) is 11.3. The van der Waals surface area contributed by atoms with Crippen LogP contribution in [0.4, 0.5) is 0 Å². The lowest BCUT2D eigenvalue weighted by atomic mass is 9.81. The summed E-state index contributed by atoms with van der Waals surface area (Å²) in [6.07, 6.45) is 8.00. The summed E-state index contributed by atoms with van der Waals surface area (Å²) >= 11 is 0. The number of nitrogens with two attached hydrogens (primary N) is 1. The zero-order chi connectivity index (χ0) is 28.1. The van der Waals surface area contributed by atoms with E-state index >= 15 is 0 Å². The smallest absolute Gasteiger partial charge is 0.223 e. The molecule has 0 aliphatic heterocycles. The maximum absolute atomic E-state index is 13.6. The van der Waals surface area contributed by atoms with Crippen LogP contribution < -0.4 is 15.8 Å². The Morgan fingerprint density at radius 1 is 1.02 bits per heavy atom. The number of pyridine rings is 1. The van der Waals surface area contributed by atoms with E-state index in [1.54, 1.807) is 12.4 Å². The Balaban J connectivity index is 1.39. The highest BCUT2D eigenvalue weighted by Crippen LogP contribution is 2.31. The lowest BCUT2D eigenvalue weighted by Gasteiger charge is -2.29. The van der Waals surface area contributed by atoms with Gasteiger partial charge in [0.2, 0.25) is 5.91 Å². The van der Waals surface area contributed by atoms with E-state index in [1.165, 1.54) is 5.56 Å². The predicted octanol–water partition coefficient (Wildman–Crippen LogP) is 6.06. The van der Waals surface area contributed by atoms with Gasteiger partial charge >= 0.3 is 0 Å². The van der Waals surface area contributed by atoms with Crippen molar-refractivity contribution in [1.82, 2.24) is 19.9 Å². The molecule has 0 radical (unpaired) electrons. The molecule has 1 aliphatic carbocycles. The lowest BCUT2D eigenvalue weighted by molar-refractivity contribution is -0.127. The van der Waals surface area contributed by atoms with Crippen LogP contribution in [0.25, 0.3) is 11.0 Å². The molecule has 3 N–H and O–H groups in total. The summed E-state index contributed by atoms with van der Waals surface area (Å²) in [5.74, 6) is 2.39. The Kier molecular flexibility index (Phi) is 8.80. The summed E-state index contributed by atoms with van der Waals surface area (Å²) in [7, 11) is 0. The number of imidazole rings is 1. The molecule has 40 heavy (non-hydrogen) atoms. The number of carbonyl (C=O) groups excluding carboxylic acids is 1. The van der Waals surface area contributed by atoms with Gasteiger partial charge < -0.3 is 20.4 Å². The van der Waals surface area contributed by atoms with Crippen molar-refractivity contribution in [2.75, 3.05) is 6.54 Å². The first-order chi connectivity index (χ1) is 19.4. The van der Waals surface area contributed by atoms with E-state index in [1.807, 2.05) is 24.3 Å². The first-order valence-corrected chi connectivity index (χ1v) is 14.5. The van der Waals surface area contributed by atoms with E-state index < -0.39 is 0 Å². The maximum Gasteiger partial charge on any atom is 0.223 e. The van der Waals surface area contributed by atoms with E-state index in [0.717, 1.165) is 59.4 Å². The minimum Gasteiger partial charge on any atom is -0.489 e. The summed E-state index contributed by atoms with van der Waals surface area (Å²) < 4.78 is 8.26. The van der Waals surface area contributed by atoms with Gasteiger partial charge in [-0.05, 0) is 118 Å². The Morgan fingerprint density at radius 3 is 2.42 bits per heavy atom. The monoisotopic (exact) mass is 539 g/mol. The van der Waals surface area contributed by atoms with Gasteiger partial charge in [0.05, 0.1) is 17.1 Å². The molecule has 1 amide bonds. The van der Waals surface area contributed by atoms with Crippen molar-refractivity contribution in [3.63, 3.8) is 0 Å². The van der Waals surface area contributed by atoms with E-state index in [0.29, 0.717) is 25.5 Å². The van der Waals surface area contributed by atoms with Crippen LogP contribution in [-0.2, 0) is 17.8 Å². The van der Waals surface area contributed by atoms with Crippen LogP contribution in [0.5, 0.6) is 5.75 Å². The number of fused-ring (bicyclic) bond motifs is 1. The number of rotatable bonds is 10. The van der Waals surface area contributed by atoms with Crippen molar-refractivity contribution >= 4 is 16.9 Å². The largest absolute Gasteiger partial charge is 0.489 e. The summed E-state index contributed by atoms with van der Waals surface area (Å²) in [6.45, 7) is 7.65. The third-order valence-electron chi connectivity index (χ3n) is 8.09. The molecule has 7 heteroatoms. The third kappa shape index (κ3) is 6.53. The number of benzene rings is 2. The maximum atomic E-state index is 13.6. The number of nitrogens with zero attached hydrogens (tertiary/aromatic N) is 3. The minimum atomic E-state index is -0.251. The Hall–Kier alpha value is -3.71. The van der Waals surface area contributed by atoms with Crippen LogP contribution in [0.1, 0.15) is 74.1 Å². The fourth-order valence-electron chi connectivity index (χ4n) is 5.77. The number of aryl methyl sites for hydroxylation is 1. The second kappa shape index (κ2) is 12.6. The van der Waals surface area contributed by atoms with Gasteiger partial charge in [0.1, 0.15) is 18.2 Å². The highest BCUT2D eigenvalue weighted by atomic mass is 16.5. The molecule has 0 saturated heterocycles. The fraction of sp³-hybridized carbons (Fsp3) is 0.424. The SMILES string of the molecule is Cc1ccc2nc([C@H](Cc3ccc(OCc4ccncc4)cc3)NC(=O)C3CCC(CN)CC3)n(C(C)C)c2c1. The number of hydrogen-bond acceptors (Lipinski definition) is 5. The minimum absolute atomic E-state index is 0.0217. The average molecular weight is 540 g/mol. The van der Waals surface area contributed by atoms with Crippen molar-refractivity contribution in [1.29, 1.82) is 0 Å². The van der Waals surface area contributed by atoms with Crippen molar-refractivity contribution < 1.29 is 9.53 Å². The van der Waals surface area contributed by atoms with Crippen LogP contribution >= 0.6 is 0 Å². The van der Waals surface area contributed by atoms with Crippen LogP contribution in [0.15, 0.2) is 67.0 Å². The normalized spacial score (nSPS) is 18.1. The van der Waals surface area contributed by atoms with Gasteiger partial charge in [0.25, 0.3) is 0 Å². The van der Waals surface area contributed by atoms with E-state index in [-0.39, 0.29) is 23.9 Å². The Bertz CT molecular complexity index is 1410. The molecule has 4 aromatic rings. The molecule has 5 rings (SSSR count). The molecule has 7 nitrogen and oxygen atoms in total. The molecule has 2 heterocycles. The fourth-order valence-corrected chi connectivity index (χ4v) is 5.77. The zero-order valence-corrected chi connectivity index (χ0v) is 23.8. The topological polar surface area (TPSA) is 95.1 Å². The van der Waals surface area contributed by atoms with Crippen molar-refractivity contribution in [2.45, 2.75) is 71.6 Å². The molecule has 2 aromatic heterocycles. The van der Waals surface area contributed by atoms with Crippen LogP contribution in [0, 0.1) is 18.8 Å². The van der Waals surface area contributed by atoms with E-state index in [4.69, 9.17) is 15.5 Å². The van der Waals surface area contributed by atoms with E-state index in [9.17, 15) is 4.79 Å². The van der Waals surface area contributed by atoms with E-state index in [2.05, 4.69) is 66.0 Å². The quantitative estimate of drug-likeness (QED) is 0.255. The molecule has 1 fully saturated rings. The van der Waals surface area contributed by atoms with Gasteiger partial charge in [-0.1, -0.05) is 18.2 Å². The second-order valence-electron chi connectivity index (χ2n) is 11.4. The number of amides is 1. The van der Waals surface area contributed by atoms with Gasteiger partial charge in [-0.25, -0.2) is 4.98 Å². The summed E-state index contributed by atoms with van der Waals surface area (Å²) in [5, 5.41) is 3.43. The van der Waals surface area contributed by atoms with Crippen LogP contribution in [0.2, 0.25) is 0 Å². The molecule has 0 spiro atoms. The Labute approximate surface area is 237 Å². The number of hydrogen-bond donors (Lipinski definition) is 2. The van der Waals surface area contributed by atoms with Gasteiger partial charge in [-0.15, -0.1) is 0 Å². The molecule has 1 saturated carbocycles. The highest BCUT2D eigenvalue weighted by molar-refractivity contribution is 5.80. The third-order valence-corrected chi connectivity index (χ3v) is 8.09. The molecule has 1 aliphatic rings. The highest BCUT2D eigenvalue weighted by Gasteiger charge is 2.30. The van der Waals surface area contributed by atoms with Crippen LogP contribution in [-0.4, -0.2) is 27.0 Å². The predicted molar refractivity (Wildman–Crippen MR) is 159 cm³/mol. The molecule has 1 atom stereocenters. The van der Waals surface area contributed by atoms with Gasteiger partial charge in [-0.3, -0.25) is 9.78 Å². The van der Waals surface area contributed by atoms with Crippen LogP contribution in [0.3, 0.4) is 0 Å². The van der Waals surface area contributed by atoms with Crippen molar-refractivity contribution in [3.05, 3.63) is 89.5 Å². The zero-order valence-electron chi connectivity index (χ0n) is 23.8. The first-order valence-electron chi connectivity index (χ1n) is 14.5. The van der Waals surface area contributed by atoms with Gasteiger partial charge in [0, 0.05) is 24.4 Å². The standard InChI is InChI=1S/C33H41N5O2/c1-22(2)38-31-18-23(3)4-13-29(31)36-32(38)30(37-33(39)27-9-5-25(20-34)6-10-27)19-24-7-11-28(12-8-24)40-21-26-14-16-35-17-15-26/h4,7-8,11-18,22,25,27,30H,5-6,9-10,19-21,34H2,1-3H3,(H,37,39)/t25?,27?,30-/m0/s1. The number of nitrogens with one attached hydrogen (secondary N) is 1. The molecular weight excluding hydrogens is 498 g/mol. The number of ether oxygens (including phenoxy) is 1. The molecule has 210 valence electrons. The summed E-state index contributed by atoms with van der Waals surface area (Å²) in [6, 6.07) is 18.4. The molecule has 0 unspecified atom stereocenters. The second-order valence-corrected chi connectivity index (χ2v) is 11.4. The van der Waals surface area contributed by atoms with Gasteiger partial charge in [-0.2, -0.15) is 0 Å². The lowest BCUT2D eigenvalue weighted by Crippen LogP contribution is -2.38. The Morgan fingerprint density at radius 2 is 1.75 bits per heavy atom. The molecule has 0 bridgehead atoms. The van der Waals surface area contributed by atoms with Gasteiger partial charge in [0.15, 0.2) is 0 Å². The summed E-state index contributed by atoms with van der Waals surface area (Å²) in [4.78, 5) is 22.7. The molecular formula is C33H41N5O2. The first kappa shape index (κ1) is 27.8. The number of aromatic nitrogens is 3. The molecule has 2 aromatic carbocycles. The van der Waals surface area contributed by atoms with Crippen molar-refractivity contribution in [2.24, 2.45) is 17.6 Å². The average Bonchev–Trinajstić information content (AvgIpc) is 3.36. The number of carbonyl (C=O) groups is 1.